The summed E-state index contributed by atoms with van der Waals surface area (Å²) < 4.78 is 0. The molecule has 0 saturated heterocycles. The molecule has 0 saturated carbocycles. The van der Waals surface area contributed by atoms with Crippen LogP contribution in [0, 0.1) is 0 Å². The van der Waals surface area contributed by atoms with E-state index in [0.29, 0.717) is 0 Å². The van der Waals surface area contributed by atoms with Crippen LogP contribution in [-0.4, -0.2) is 7.05 Å². The summed E-state index contributed by atoms with van der Waals surface area (Å²) in [6.45, 7) is 5.87. The molecule has 0 heterocycles. The molecule has 0 bridgehead atoms. The van der Waals surface area contributed by atoms with Gasteiger partial charge < -0.3 is 5.32 Å². The van der Waals surface area contributed by atoms with Gasteiger partial charge in [0.05, 0.1) is 0 Å². The van der Waals surface area contributed by atoms with Gasteiger partial charge in [-0.25, -0.2) is 0 Å². The molecule has 1 aromatic rings. The Morgan fingerprint density at radius 1 is 1.29 bits per heavy atom. The third kappa shape index (κ3) is 4.73. The Morgan fingerprint density at radius 3 is 2.53 bits per heavy atom. The average molecular weight is 227 g/mol. The van der Waals surface area contributed by atoms with E-state index in [2.05, 4.69) is 61.3 Å². The van der Waals surface area contributed by atoms with Gasteiger partial charge in [-0.05, 0) is 36.1 Å². The van der Waals surface area contributed by atoms with Crippen molar-refractivity contribution in [2.24, 2.45) is 0 Å². The average Bonchev–Trinajstić information content (AvgIpc) is 2.38. The highest BCUT2D eigenvalue weighted by Crippen LogP contribution is 2.10. The van der Waals surface area contributed by atoms with E-state index in [1.54, 1.807) is 0 Å². The lowest BCUT2D eigenvalue weighted by Gasteiger charge is -2.01. The molecule has 0 aliphatic rings. The summed E-state index contributed by atoms with van der Waals surface area (Å²) >= 11 is 0. The van der Waals surface area contributed by atoms with Gasteiger partial charge in [-0.1, -0.05) is 49.9 Å². The molecule has 0 atom stereocenters. The predicted molar refractivity (Wildman–Crippen MR) is 77.4 cm³/mol. The molecule has 1 aromatic carbocycles. The second-order valence-corrected chi connectivity index (χ2v) is 3.88. The van der Waals surface area contributed by atoms with Gasteiger partial charge in [0.1, 0.15) is 0 Å². The zero-order chi connectivity index (χ0) is 12.5. The molecule has 1 rings (SSSR count). The fourth-order valence-corrected chi connectivity index (χ4v) is 1.60. The van der Waals surface area contributed by atoms with Crippen LogP contribution in [0.25, 0.3) is 0 Å². The molecule has 0 aliphatic heterocycles. The number of allylic oxidation sites excluding steroid dienone is 5. The van der Waals surface area contributed by atoms with E-state index in [0.717, 1.165) is 18.5 Å². The van der Waals surface area contributed by atoms with Gasteiger partial charge in [0.25, 0.3) is 0 Å². The van der Waals surface area contributed by atoms with Crippen LogP contribution in [0.4, 0.5) is 5.69 Å². The van der Waals surface area contributed by atoms with Crippen molar-refractivity contribution in [2.75, 3.05) is 12.4 Å². The Hall–Kier alpha value is -1.76. The summed E-state index contributed by atoms with van der Waals surface area (Å²) in [7, 11) is 1.93. The summed E-state index contributed by atoms with van der Waals surface area (Å²) in [5.41, 5.74) is 3.79. The monoisotopic (exact) mass is 227 g/mol. The summed E-state index contributed by atoms with van der Waals surface area (Å²) in [5, 5.41) is 3.12. The largest absolute Gasteiger partial charge is 0.388 e. The minimum Gasteiger partial charge on any atom is -0.388 e. The molecule has 0 fully saturated rings. The molecule has 0 unspecified atom stereocenters. The van der Waals surface area contributed by atoms with Gasteiger partial charge in [-0.3, -0.25) is 0 Å². The second kappa shape index (κ2) is 7.50. The quantitative estimate of drug-likeness (QED) is 0.712. The van der Waals surface area contributed by atoms with Crippen LogP contribution in [0.2, 0.25) is 0 Å². The molecule has 0 radical (unpaired) electrons. The van der Waals surface area contributed by atoms with Gasteiger partial charge in [-0.15, -0.1) is 0 Å². The number of anilines is 1. The summed E-state index contributed by atoms with van der Waals surface area (Å²) in [6, 6.07) is 8.50. The van der Waals surface area contributed by atoms with Crippen molar-refractivity contribution >= 4 is 5.69 Å². The third-order valence-corrected chi connectivity index (χ3v) is 2.67. The lowest BCUT2D eigenvalue weighted by Crippen LogP contribution is -1.88. The summed E-state index contributed by atoms with van der Waals surface area (Å²) in [6.07, 6.45) is 10.3. The minimum atomic E-state index is 0.971. The van der Waals surface area contributed by atoms with Gasteiger partial charge in [-0.2, -0.15) is 0 Å². The molecular formula is C16H21N. The Balaban J connectivity index is 2.57. The Morgan fingerprint density at radius 2 is 2.00 bits per heavy atom. The lowest BCUT2D eigenvalue weighted by molar-refractivity contribution is 1.14. The maximum absolute atomic E-state index is 3.72. The van der Waals surface area contributed by atoms with Crippen LogP contribution in [0.1, 0.15) is 18.9 Å². The molecule has 1 nitrogen and oxygen atoms in total. The topological polar surface area (TPSA) is 12.0 Å². The highest BCUT2D eigenvalue weighted by Gasteiger charge is 1.91. The van der Waals surface area contributed by atoms with Gasteiger partial charge in [0.2, 0.25) is 0 Å². The number of nitrogens with one attached hydrogen (secondary N) is 1. The van der Waals surface area contributed by atoms with E-state index in [1.165, 1.54) is 11.1 Å². The molecule has 1 heteroatoms. The zero-order valence-corrected chi connectivity index (χ0v) is 10.7. The van der Waals surface area contributed by atoms with E-state index in [4.69, 9.17) is 0 Å². The maximum atomic E-state index is 3.72. The first-order valence-electron chi connectivity index (χ1n) is 6.05. The first-order chi connectivity index (χ1) is 8.30. The highest BCUT2D eigenvalue weighted by molar-refractivity contribution is 5.44. The maximum Gasteiger partial charge on any atom is 0.0337 e. The first kappa shape index (κ1) is 13.3. The molecule has 0 spiro atoms. The van der Waals surface area contributed by atoms with Gasteiger partial charge >= 0.3 is 0 Å². The number of hydrogen-bond acceptors (Lipinski definition) is 1. The van der Waals surface area contributed by atoms with Crippen LogP contribution in [0.15, 0.2) is 60.7 Å². The van der Waals surface area contributed by atoms with Crippen molar-refractivity contribution < 1.29 is 0 Å². The van der Waals surface area contributed by atoms with E-state index in [1.807, 2.05) is 13.1 Å². The first-order valence-corrected chi connectivity index (χ1v) is 6.05. The van der Waals surface area contributed by atoms with E-state index < -0.39 is 0 Å². The van der Waals surface area contributed by atoms with Crippen molar-refractivity contribution in [1.29, 1.82) is 0 Å². The zero-order valence-electron chi connectivity index (χ0n) is 10.7. The summed E-state index contributed by atoms with van der Waals surface area (Å²) in [4.78, 5) is 0. The standard InChI is InChI=1S/C16H21N/c1-4-7-14(5-2)8-6-9-15-10-12-16(17-3)13-11-15/h4,6-8,10-13,17H,1,5,9H2,2-3H3/b8-6-,14-7-. The molecule has 0 aromatic heterocycles. The number of hydrogen-bond donors (Lipinski definition) is 1. The smallest absolute Gasteiger partial charge is 0.0337 e. The lowest BCUT2D eigenvalue weighted by atomic mass is 10.1. The van der Waals surface area contributed by atoms with E-state index in [9.17, 15) is 0 Å². The molecule has 17 heavy (non-hydrogen) atoms. The van der Waals surface area contributed by atoms with Crippen LogP contribution in [-0.2, 0) is 6.42 Å². The van der Waals surface area contributed by atoms with Crippen molar-refractivity contribution in [2.45, 2.75) is 19.8 Å². The van der Waals surface area contributed by atoms with Gasteiger partial charge in [0, 0.05) is 12.7 Å². The Labute approximate surface area is 105 Å². The van der Waals surface area contributed by atoms with Crippen LogP contribution in [0.5, 0.6) is 0 Å². The third-order valence-electron chi connectivity index (χ3n) is 2.67. The molecular weight excluding hydrogens is 206 g/mol. The van der Waals surface area contributed by atoms with Crippen molar-refractivity contribution in [3.05, 3.63) is 66.3 Å². The Bertz CT molecular complexity index is 396. The van der Waals surface area contributed by atoms with Crippen molar-refractivity contribution in [3.8, 4) is 0 Å². The fraction of sp³-hybridized carbons (Fsp3) is 0.250. The predicted octanol–water partition coefficient (Wildman–Crippen LogP) is 4.35. The molecule has 0 aliphatic carbocycles. The summed E-state index contributed by atoms with van der Waals surface area (Å²) in [5.74, 6) is 0. The Kier molecular flexibility index (Phi) is 5.87. The van der Waals surface area contributed by atoms with Crippen LogP contribution in [0.3, 0.4) is 0 Å². The van der Waals surface area contributed by atoms with E-state index >= 15 is 0 Å². The van der Waals surface area contributed by atoms with Crippen LogP contribution >= 0.6 is 0 Å². The molecule has 0 amide bonds. The highest BCUT2D eigenvalue weighted by atomic mass is 14.8. The minimum absolute atomic E-state index is 0.971. The second-order valence-electron chi connectivity index (χ2n) is 3.88. The molecule has 90 valence electrons. The normalized spacial score (nSPS) is 11.8. The number of rotatable bonds is 6. The SMILES string of the molecule is C=C/C=C(\C=C/Cc1ccc(NC)cc1)CC. The van der Waals surface area contributed by atoms with E-state index in [-0.39, 0.29) is 0 Å². The molecule has 1 N–H and O–H groups in total. The van der Waals surface area contributed by atoms with Crippen molar-refractivity contribution in [3.63, 3.8) is 0 Å². The van der Waals surface area contributed by atoms with Gasteiger partial charge in [0.15, 0.2) is 0 Å². The van der Waals surface area contributed by atoms with Crippen LogP contribution < -0.4 is 5.32 Å². The van der Waals surface area contributed by atoms with Crippen molar-refractivity contribution in [1.82, 2.24) is 0 Å². The number of benzene rings is 1. The fourth-order valence-electron chi connectivity index (χ4n) is 1.60.